The molecule has 0 heterocycles. The Hall–Kier alpha value is -2.90. The number of nitrogens with one attached hydrogen (secondary N) is 1. The molecule has 0 unspecified atom stereocenters. The van der Waals surface area contributed by atoms with Gasteiger partial charge in [0.15, 0.2) is 0 Å². The Labute approximate surface area is 170 Å². The molecule has 0 bridgehead atoms. The summed E-state index contributed by atoms with van der Waals surface area (Å²) >= 11 is 0. The van der Waals surface area contributed by atoms with Crippen molar-refractivity contribution in [2.75, 3.05) is 19.8 Å². The van der Waals surface area contributed by atoms with Crippen molar-refractivity contribution < 1.29 is 29.3 Å². The molecular formula is C22H27NO6. The first-order valence-electron chi connectivity index (χ1n) is 9.39. The fourth-order valence-corrected chi connectivity index (χ4v) is 2.89. The largest absolute Gasteiger partial charge is 0.491 e. The second-order valence-electron chi connectivity index (χ2n) is 7.21. The van der Waals surface area contributed by atoms with Crippen LogP contribution in [0.25, 0.3) is 0 Å². The molecule has 2 aromatic rings. The first-order valence-corrected chi connectivity index (χ1v) is 9.39. The molecule has 156 valence electrons. The van der Waals surface area contributed by atoms with Crippen molar-refractivity contribution >= 4 is 12.0 Å². The maximum Gasteiger partial charge on any atom is 0.414 e. The van der Waals surface area contributed by atoms with Crippen LogP contribution in [0.3, 0.4) is 0 Å². The van der Waals surface area contributed by atoms with E-state index in [9.17, 15) is 14.7 Å². The molecule has 1 atom stereocenters. The van der Waals surface area contributed by atoms with Gasteiger partial charge in [0, 0.05) is 17.6 Å². The van der Waals surface area contributed by atoms with Gasteiger partial charge in [0.05, 0.1) is 6.61 Å². The Morgan fingerprint density at radius 1 is 1.00 bits per heavy atom. The molecule has 2 aromatic carbocycles. The molecule has 29 heavy (non-hydrogen) atoms. The lowest BCUT2D eigenvalue weighted by Gasteiger charge is -2.33. The third-order valence-corrected chi connectivity index (χ3v) is 4.49. The number of hydrogen-bond donors (Lipinski definition) is 3. The van der Waals surface area contributed by atoms with Gasteiger partial charge in [-0.15, -0.1) is 0 Å². The maximum atomic E-state index is 12.4. The van der Waals surface area contributed by atoms with Crippen LogP contribution in [-0.2, 0) is 4.74 Å². The molecule has 0 fully saturated rings. The van der Waals surface area contributed by atoms with E-state index in [0.29, 0.717) is 23.3 Å². The Morgan fingerprint density at radius 3 is 2.24 bits per heavy atom. The zero-order valence-electron chi connectivity index (χ0n) is 16.6. The van der Waals surface area contributed by atoms with Gasteiger partial charge in [-0.3, -0.25) is 10.1 Å². The number of ether oxygens (including phenoxy) is 2. The Balaban J connectivity index is 2.15. The molecule has 0 saturated heterocycles. The van der Waals surface area contributed by atoms with Crippen molar-refractivity contribution in [3.05, 3.63) is 65.7 Å². The summed E-state index contributed by atoms with van der Waals surface area (Å²) in [6.45, 7) is 3.76. The first kappa shape index (κ1) is 22.4. The van der Waals surface area contributed by atoms with E-state index >= 15 is 0 Å². The van der Waals surface area contributed by atoms with Gasteiger partial charge in [0.2, 0.25) is 0 Å². The zero-order chi connectivity index (χ0) is 21.3. The molecule has 2 amide bonds. The van der Waals surface area contributed by atoms with Crippen LogP contribution in [0.1, 0.15) is 42.3 Å². The number of rotatable bonds is 9. The molecule has 0 spiro atoms. The lowest BCUT2D eigenvalue weighted by Crippen LogP contribution is -2.36. The monoisotopic (exact) mass is 401 g/mol. The van der Waals surface area contributed by atoms with Crippen molar-refractivity contribution in [2.45, 2.75) is 26.4 Å². The summed E-state index contributed by atoms with van der Waals surface area (Å²) in [6, 6.07) is 15.3. The Kier molecular flexibility index (Phi) is 8.18. The SMILES string of the molecule is CC(C)(CCO)[C@H](OC(=O)NC(=O)c1ccccc1)c1ccc(OCCO)cc1. The highest BCUT2D eigenvalue weighted by Crippen LogP contribution is 2.39. The van der Waals surface area contributed by atoms with Crippen LogP contribution in [-0.4, -0.2) is 42.0 Å². The summed E-state index contributed by atoms with van der Waals surface area (Å²) in [7, 11) is 0. The van der Waals surface area contributed by atoms with Crippen LogP contribution in [0.2, 0.25) is 0 Å². The van der Waals surface area contributed by atoms with Crippen LogP contribution < -0.4 is 10.1 Å². The number of aliphatic hydroxyl groups is 2. The van der Waals surface area contributed by atoms with Gasteiger partial charge in [-0.1, -0.05) is 44.2 Å². The molecule has 2 rings (SSSR count). The van der Waals surface area contributed by atoms with E-state index in [1.807, 2.05) is 13.8 Å². The van der Waals surface area contributed by atoms with Crippen molar-refractivity contribution in [1.82, 2.24) is 5.32 Å². The number of amides is 2. The summed E-state index contributed by atoms with van der Waals surface area (Å²) in [6.07, 6.45) is -1.18. The van der Waals surface area contributed by atoms with E-state index in [0.717, 1.165) is 0 Å². The van der Waals surface area contributed by atoms with E-state index in [4.69, 9.17) is 14.6 Å². The average molecular weight is 401 g/mol. The van der Waals surface area contributed by atoms with Crippen LogP contribution in [0.4, 0.5) is 4.79 Å². The topological polar surface area (TPSA) is 105 Å². The lowest BCUT2D eigenvalue weighted by molar-refractivity contribution is 0.00868. The lowest BCUT2D eigenvalue weighted by atomic mass is 9.80. The molecule has 0 radical (unpaired) electrons. The van der Waals surface area contributed by atoms with Gasteiger partial charge in [0.1, 0.15) is 18.5 Å². The highest BCUT2D eigenvalue weighted by molar-refractivity contribution is 6.02. The van der Waals surface area contributed by atoms with Crippen molar-refractivity contribution in [1.29, 1.82) is 0 Å². The Bertz CT molecular complexity index is 789. The van der Waals surface area contributed by atoms with Gasteiger partial charge in [0.25, 0.3) is 5.91 Å². The number of alkyl carbamates (subject to hydrolysis) is 1. The molecule has 7 nitrogen and oxygen atoms in total. The number of imide groups is 1. The van der Waals surface area contributed by atoms with Gasteiger partial charge in [-0.2, -0.15) is 0 Å². The predicted octanol–water partition coefficient (Wildman–Crippen LogP) is 3.07. The van der Waals surface area contributed by atoms with E-state index in [1.165, 1.54) is 0 Å². The molecule has 7 heteroatoms. The Morgan fingerprint density at radius 2 is 1.66 bits per heavy atom. The molecule has 0 aromatic heterocycles. The summed E-state index contributed by atoms with van der Waals surface area (Å²) in [5.74, 6) is 0.0206. The predicted molar refractivity (Wildman–Crippen MR) is 108 cm³/mol. The van der Waals surface area contributed by atoms with Crippen molar-refractivity contribution in [2.24, 2.45) is 5.41 Å². The fourth-order valence-electron chi connectivity index (χ4n) is 2.89. The number of hydrogen-bond acceptors (Lipinski definition) is 6. The molecule has 0 aliphatic rings. The molecule has 0 saturated carbocycles. The second-order valence-corrected chi connectivity index (χ2v) is 7.21. The van der Waals surface area contributed by atoms with Gasteiger partial charge in [-0.05, 0) is 36.2 Å². The summed E-state index contributed by atoms with van der Waals surface area (Å²) < 4.78 is 11.0. The van der Waals surface area contributed by atoms with Crippen LogP contribution in [0.15, 0.2) is 54.6 Å². The number of aliphatic hydroxyl groups excluding tert-OH is 2. The quantitative estimate of drug-likeness (QED) is 0.596. The van der Waals surface area contributed by atoms with E-state index in [2.05, 4.69) is 5.32 Å². The number of carbonyl (C=O) groups excluding carboxylic acids is 2. The molecular weight excluding hydrogens is 374 g/mol. The minimum absolute atomic E-state index is 0.0743. The molecule has 0 aliphatic heterocycles. The third kappa shape index (κ3) is 6.58. The third-order valence-electron chi connectivity index (χ3n) is 4.49. The van der Waals surface area contributed by atoms with Gasteiger partial charge in [-0.25, -0.2) is 4.79 Å². The second kappa shape index (κ2) is 10.6. The standard InChI is InChI=1S/C22H27NO6/c1-22(2,12-13-24)19(16-8-10-18(11-9-16)28-15-14-25)29-21(27)23-20(26)17-6-4-3-5-7-17/h3-11,19,24-25H,12-15H2,1-2H3,(H,23,26,27)/t19-/m1/s1. The number of benzene rings is 2. The van der Waals surface area contributed by atoms with Crippen LogP contribution in [0.5, 0.6) is 5.75 Å². The molecule has 3 N–H and O–H groups in total. The summed E-state index contributed by atoms with van der Waals surface area (Å²) in [5, 5.41) is 20.5. The van der Waals surface area contributed by atoms with Gasteiger partial charge >= 0.3 is 6.09 Å². The van der Waals surface area contributed by atoms with E-state index in [-0.39, 0.29) is 19.8 Å². The van der Waals surface area contributed by atoms with Gasteiger partial charge < -0.3 is 19.7 Å². The minimum atomic E-state index is -0.865. The normalized spacial score (nSPS) is 12.1. The smallest absolute Gasteiger partial charge is 0.414 e. The summed E-state index contributed by atoms with van der Waals surface area (Å²) in [4.78, 5) is 24.6. The van der Waals surface area contributed by atoms with Crippen LogP contribution >= 0.6 is 0 Å². The highest BCUT2D eigenvalue weighted by Gasteiger charge is 2.34. The maximum absolute atomic E-state index is 12.4. The van der Waals surface area contributed by atoms with E-state index < -0.39 is 23.5 Å². The molecule has 0 aliphatic carbocycles. The zero-order valence-corrected chi connectivity index (χ0v) is 16.6. The van der Waals surface area contributed by atoms with Crippen molar-refractivity contribution in [3.8, 4) is 5.75 Å². The number of carbonyl (C=O) groups is 2. The fraction of sp³-hybridized carbons (Fsp3) is 0.364. The summed E-state index contributed by atoms with van der Waals surface area (Å²) in [5.41, 5.74) is 0.457. The van der Waals surface area contributed by atoms with Crippen molar-refractivity contribution in [3.63, 3.8) is 0 Å². The minimum Gasteiger partial charge on any atom is -0.491 e. The van der Waals surface area contributed by atoms with E-state index in [1.54, 1.807) is 54.6 Å². The average Bonchev–Trinajstić information content (AvgIpc) is 2.71. The first-order chi connectivity index (χ1) is 13.9. The highest BCUT2D eigenvalue weighted by atomic mass is 16.6. The van der Waals surface area contributed by atoms with Crippen LogP contribution in [0, 0.1) is 5.41 Å².